The van der Waals surface area contributed by atoms with Gasteiger partial charge in [0.1, 0.15) is 12.1 Å². The number of pyridine rings is 1. The zero-order chi connectivity index (χ0) is 24.9. The number of aryl methyl sites for hydroxylation is 1. The molecule has 0 aliphatic rings. The highest BCUT2D eigenvalue weighted by Crippen LogP contribution is 2.28. The second kappa shape index (κ2) is 10.6. The van der Waals surface area contributed by atoms with Crippen LogP contribution in [0.5, 0.6) is 0 Å². The van der Waals surface area contributed by atoms with E-state index in [-0.39, 0.29) is 12.3 Å². The van der Waals surface area contributed by atoms with E-state index in [0.717, 1.165) is 49.8 Å². The maximum absolute atomic E-state index is 13.3. The molecule has 0 fully saturated rings. The summed E-state index contributed by atoms with van der Waals surface area (Å²) in [4.78, 5) is 32.8. The monoisotopic (exact) mass is 494 g/mol. The summed E-state index contributed by atoms with van der Waals surface area (Å²) in [6.45, 7) is 2.87. The molecule has 3 heterocycles. The number of anilines is 1. The molecule has 3 aromatic heterocycles. The topological polar surface area (TPSA) is 83.9 Å². The molecule has 0 aliphatic heterocycles. The molecule has 5 rings (SSSR count). The Morgan fingerprint density at radius 2 is 1.83 bits per heavy atom. The number of rotatable bonds is 8. The van der Waals surface area contributed by atoms with Crippen LogP contribution in [0.25, 0.3) is 22.0 Å². The standard InChI is InChI=1S/C28H26N6OS/c1-19-33-24(17-36-19)14-27(35)34(16-23-8-3-4-11-30-23)15-20-6-5-7-21(12-20)22-9-10-26-25(13-22)28(29-2)32-18-31-26/h3-13,17-18H,14-16H2,1-2H3,(H,29,31,32). The number of amides is 1. The molecular formula is C28H26N6OS. The Morgan fingerprint density at radius 1 is 0.944 bits per heavy atom. The number of fused-ring (bicyclic) bond motifs is 1. The Labute approximate surface area is 213 Å². The van der Waals surface area contributed by atoms with Gasteiger partial charge in [-0.25, -0.2) is 15.0 Å². The number of thiazole rings is 1. The molecule has 36 heavy (non-hydrogen) atoms. The summed E-state index contributed by atoms with van der Waals surface area (Å²) in [5, 5.41) is 7.02. The van der Waals surface area contributed by atoms with Gasteiger partial charge in [0.25, 0.3) is 0 Å². The molecule has 0 saturated heterocycles. The molecule has 0 aliphatic carbocycles. The van der Waals surface area contributed by atoms with Crippen molar-refractivity contribution in [2.75, 3.05) is 12.4 Å². The zero-order valence-corrected chi connectivity index (χ0v) is 21.0. The number of nitrogens with one attached hydrogen (secondary N) is 1. The number of hydrogen-bond acceptors (Lipinski definition) is 7. The highest BCUT2D eigenvalue weighted by Gasteiger charge is 2.18. The van der Waals surface area contributed by atoms with Crippen LogP contribution >= 0.6 is 11.3 Å². The minimum Gasteiger partial charge on any atom is -0.373 e. The van der Waals surface area contributed by atoms with E-state index in [2.05, 4.69) is 55.6 Å². The third kappa shape index (κ3) is 5.39. The fourth-order valence-electron chi connectivity index (χ4n) is 4.18. The predicted octanol–water partition coefficient (Wildman–Crippen LogP) is 5.27. The van der Waals surface area contributed by atoms with E-state index in [0.29, 0.717) is 13.1 Å². The van der Waals surface area contributed by atoms with Crippen molar-refractivity contribution < 1.29 is 4.79 Å². The van der Waals surface area contributed by atoms with Crippen LogP contribution in [-0.4, -0.2) is 37.8 Å². The van der Waals surface area contributed by atoms with E-state index in [1.807, 2.05) is 54.6 Å². The van der Waals surface area contributed by atoms with Crippen LogP contribution in [0.15, 0.2) is 78.6 Å². The summed E-state index contributed by atoms with van der Waals surface area (Å²) in [6, 6.07) is 20.2. The quantitative estimate of drug-likeness (QED) is 0.316. The smallest absolute Gasteiger partial charge is 0.229 e. The number of nitrogens with zero attached hydrogens (tertiary/aromatic N) is 5. The first-order valence-corrected chi connectivity index (χ1v) is 12.6. The summed E-state index contributed by atoms with van der Waals surface area (Å²) in [5.41, 5.74) is 5.73. The average Bonchev–Trinajstić information content (AvgIpc) is 3.32. The molecule has 7 nitrogen and oxygen atoms in total. The summed E-state index contributed by atoms with van der Waals surface area (Å²) < 4.78 is 0. The number of carbonyl (C=O) groups excluding carboxylic acids is 1. The maximum atomic E-state index is 13.3. The highest BCUT2D eigenvalue weighted by atomic mass is 32.1. The van der Waals surface area contributed by atoms with Gasteiger partial charge in [-0.15, -0.1) is 11.3 Å². The lowest BCUT2D eigenvalue weighted by atomic mass is 10.0. The summed E-state index contributed by atoms with van der Waals surface area (Å²) >= 11 is 1.56. The van der Waals surface area contributed by atoms with Crippen molar-refractivity contribution in [3.8, 4) is 11.1 Å². The number of benzene rings is 2. The summed E-state index contributed by atoms with van der Waals surface area (Å²) in [6.07, 6.45) is 3.59. The zero-order valence-electron chi connectivity index (χ0n) is 20.2. The van der Waals surface area contributed by atoms with Crippen LogP contribution in [0.1, 0.15) is 22.0 Å². The van der Waals surface area contributed by atoms with Crippen molar-refractivity contribution in [3.05, 3.63) is 101 Å². The first-order valence-electron chi connectivity index (χ1n) is 11.7. The molecule has 1 amide bonds. The number of carbonyl (C=O) groups is 1. The second-order valence-electron chi connectivity index (χ2n) is 8.51. The lowest BCUT2D eigenvalue weighted by Gasteiger charge is -2.23. The third-order valence-corrected chi connectivity index (χ3v) is 6.76. The minimum atomic E-state index is 0.0258. The molecule has 8 heteroatoms. The van der Waals surface area contributed by atoms with Gasteiger partial charge in [-0.2, -0.15) is 0 Å². The van der Waals surface area contributed by atoms with Gasteiger partial charge in [0, 0.05) is 30.6 Å². The lowest BCUT2D eigenvalue weighted by molar-refractivity contribution is -0.131. The van der Waals surface area contributed by atoms with Gasteiger partial charge in [0.15, 0.2) is 0 Å². The molecule has 0 bridgehead atoms. The van der Waals surface area contributed by atoms with E-state index >= 15 is 0 Å². The van der Waals surface area contributed by atoms with E-state index in [4.69, 9.17) is 0 Å². The molecular weight excluding hydrogens is 468 g/mol. The van der Waals surface area contributed by atoms with Gasteiger partial charge in [0.05, 0.1) is 34.9 Å². The highest BCUT2D eigenvalue weighted by molar-refractivity contribution is 7.09. The van der Waals surface area contributed by atoms with Crippen LogP contribution in [0, 0.1) is 6.92 Å². The SMILES string of the molecule is CNc1ncnc2ccc(-c3cccc(CN(Cc4ccccn4)C(=O)Cc4csc(C)n4)c3)cc12. The van der Waals surface area contributed by atoms with E-state index < -0.39 is 0 Å². The van der Waals surface area contributed by atoms with Gasteiger partial charge < -0.3 is 10.2 Å². The largest absolute Gasteiger partial charge is 0.373 e. The van der Waals surface area contributed by atoms with Crippen molar-refractivity contribution in [1.82, 2.24) is 24.8 Å². The normalized spacial score (nSPS) is 10.9. The number of hydrogen-bond donors (Lipinski definition) is 1. The molecule has 0 radical (unpaired) electrons. The second-order valence-corrected chi connectivity index (χ2v) is 9.57. The van der Waals surface area contributed by atoms with Crippen molar-refractivity contribution in [2.45, 2.75) is 26.4 Å². The average molecular weight is 495 g/mol. The molecule has 0 unspecified atom stereocenters. The molecule has 5 aromatic rings. The van der Waals surface area contributed by atoms with Crippen molar-refractivity contribution in [2.24, 2.45) is 0 Å². The van der Waals surface area contributed by atoms with Crippen LogP contribution in [0.4, 0.5) is 5.82 Å². The first kappa shape index (κ1) is 23.6. The fourth-order valence-corrected chi connectivity index (χ4v) is 4.79. The Balaban J connectivity index is 1.43. The Kier molecular flexibility index (Phi) is 6.95. The Bertz CT molecular complexity index is 1500. The van der Waals surface area contributed by atoms with Crippen LogP contribution < -0.4 is 5.32 Å². The summed E-state index contributed by atoms with van der Waals surface area (Å²) in [5.74, 6) is 0.820. The molecule has 2 aromatic carbocycles. The third-order valence-electron chi connectivity index (χ3n) is 5.94. The summed E-state index contributed by atoms with van der Waals surface area (Å²) in [7, 11) is 1.86. The van der Waals surface area contributed by atoms with Crippen LogP contribution in [0.3, 0.4) is 0 Å². The lowest BCUT2D eigenvalue weighted by Crippen LogP contribution is -2.31. The molecule has 180 valence electrons. The maximum Gasteiger partial charge on any atom is 0.229 e. The molecule has 0 atom stereocenters. The predicted molar refractivity (Wildman–Crippen MR) is 144 cm³/mol. The van der Waals surface area contributed by atoms with Gasteiger partial charge in [-0.3, -0.25) is 9.78 Å². The van der Waals surface area contributed by atoms with Gasteiger partial charge in [0.2, 0.25) is 5.91 Å². The Hall–Kier alpha value is -4.17. The number of aromatic nitrogens is 4. The molecule has 0 saturated carbocycles. The molecule has 1 N–H and O–H groups in total. The van der Waals surface area contributed by atoms with Crippen molar-refractivity contribution >= 4 is 34.0 Å². The van der Waals surface area contributed by atoms with Crippen LogP contribution in [-0.2, 0) is 24.3 Å². The Morgan fingerprint density at radius 3 is 2.61 bits per heavy atom. The van der Waals surface area contributed by atoms with Crippen molar-refractivity contribution in [3.63, 3.8) is 0 Å². The fraction of sp³-hybridized carbons (Fsp3) is 0.179. The van der Waals surface area contributed by atoms with E-state index in [1.165, 1.54) is 0 Å². The van der Waals surface area contributed by atoms with Gasteiger partial charge in [-0.05, 0) is 53.9 Å². The van der Waals surface area contributed by atoms with E-state index in [9.17, 15) is 4.79 Å². The van der Waals surface area contributed by atoms with Gasteiger partial charge >= 0.3 is 0 Å². The van der Waals surface area contributed by atoms with Gasteiger partial charge in [-0.1, -0.05) is 30.3 Å². The van der Waals surface area contributed by atoms with Crippen molar-refractivity contribution in [1.29, 1.82) is 0 Å². The minimum absolute atomic E-state index is 0.0258. The van der Waals surface area contributed by atoms with Crippen LogP contribution in [0.2, 0.25) is 0 Å². The first-order chi connectivity index (χ1) is 17.6. The van der Waals surface area contributed by atoms with E-state index in [1.54, 1.807) is 23.9 Å². The molecule has 0 spiro atoms.